The lowest BCUT2D eigenvalue weighted by atomic mass is 9.84. The van der Waals surface area contributed by atoms with E-state index in [-0.39, 0.29) is 6.04 Å². The van der Waals surface area contributed by atoms with Crippen molar-refractivity contribution in [1.29, 1.82) is 0 Å². The van der Waals surface area contributed by atoms with Gasteiger partial charge in [0.05, 0.1) is 20.3 Å². The first-order chi connectivity index (χ1) is 13.7. The summed E-state index contributed by atoms with van der Waals surface area (Å²) < 4.78 is 11.1. The number of hydrogen-bond acceptors (Lipinski definition) is 3. The summed E-state index contributed by atoms with van der Waals surface area (Å²) in [6, 6.07) is 14.9. The second-order valence-corrected chi connectivity index (χ2v) is 6.97. The molecule has 3 heteroatoms. The maximum absolute atomic E-state index is 5.57. The van der Waals surface area contributed by atoms with Crippen LogP contribution in [0, 0.1) is 0 Å². The smallest absolute Gasteiger partial charge is 0.161 e. The number of hydrogen-bond donors (Lipinski definition) is 1. The molecule has 1 unspecified atom stereocenters. The summed E-state index contributed by atoms with van der Waals surface area (Å²) >= 11 is 0. The second-order valence-electron chi connectivity index (χ2n) is 6.97. The average Bonchev–Trinajstić information content (AvgIpc) is 2.76. The van der Waals surface area contributed by atoms with Gasteiger partial charge in [0.25, 0.3) is 0 Å². The van der Waals surface area contributed by atoms with Gasteiger partial charge in [0.2, 0.25) is 0 Å². The van der Waals surface area contributed by atoms with Crippen molar-refractivity contribution in [2.24, 2.45) is 0 Å². The predicted octanol–water partition coefficient (Wildman–Crippen LogP) is 5.38. The number of rotatable bonds is 5. The zero-order chi connectivity index (χ0) is 19.7. The Morgan fingerprint density at radius 1 is 0.929 bits per heavy atom. The van der Waals surface area contributed by atoms with E-state index < -0.39 is 0 Å². The van der Waals surface area contributed by atoms with Gasteiger partial charge in [-0.2, -0.15) is 0 Å². The zero-order valence-corrected chi connectivity index (χ0v) is 16.4. The maximum Gasteiger partial charge on any atom is 0.161 e. The number of ether oxygens (including phenoxy) is 2. The van der Waals surface area contributed by atoms with Crippen LogP contribution >= 0.6 is 0 Å². The number of nitrogens with one attached hydrogen (secondary N) is 1. The first-order valence-corrected chi connectivity index (χ1v) is 9.50. The summed E-state index contributed by atoms with van der Waals surface area (Å²) in [5.74, 6) is 1.52. The lowest BCUT2D eigenvalue weighted by Gasteiger charge is -2.30. The molecule has 3 aromatic rings. The molecule has 28 heavy (non-hydrogen) atoms. The molecule has 4 rings (SSSR count). The molecule has 0 saturated heterocycles. The van der Waals surface area contributed by atoms with Gasteiger partial charge in [-0.15, -0.1) is 0 Å². The number of fused-ring (bicyclic) bond motifs is 2. The fraction of sp³-hybridized carbons (Fsp3) is 0.200. The Hall–Kier alpha value is -3.04. The Morgan fingerprint density at radius 3 is 2.36 bits per heavy atom. The highest BCUT2D eigenvalue weighted by Crippen LogP contribution is 2.40. The van der Waals surface area contributed by atoms with Gasteiger partial charge in [0.15, 0.2) is 11.5 Å². The summed E-state index contributed by atoms with van der Waals surface area (Å²) in [4.78, 5) is 0. The van der Waals surface area contributed by atoms with Crippen molar-refractivity contribution in [2.75, 3.05) is 20.8 Å². The molecule has 1 heterocycles. The molecular formula is C25H25NO2. The zero-order valence-electron chi connectivity index (χ0n) is 16.4. The average molecular weight is 371 g/mol. The quantitative estimate of drug-likeness (QED) is 0.653. The van der Waals surface area contributed by atoms with Gasteiger partial charge in [0, 0.05) is 6.54 Å². The first kappa shape index (κ1) is 18.3. The van der Waals surface area contributed by atoms with Crippen molar-refractivity contribution < 1.29 is 9.47 Å². The van der Waals surface area contributed by atoms with Crippen LogP contribution in [0.25, 0.3) is 22.9 Å². The monoisotopic (exact) mass is 371 g/mol. The molecule has 142 valence electrons. The Bertz CT molecular complexity index is 1070. The van der Waals surface area contributed by atoms with E-state index in [1.54, 1.807) is 14.2 Å². The van der Waals surface area contributed by atoms with Crippen LogP contribution in [0.3, 0.4) is 0 Å². The molecular weight excluding hydrogens is 346 g/mol. The third kappa shape index (κ3) is 2.88. The Morgan fingerprint density at radius 2 is 1.64 bits per heavy atom. The maximum atomic E-state index is 5.57. The van der Waals surface area contributed by atoms with Crippen molar-refractivity contribution in [3.05, 3.63) is 83.4 Å². The number of benzene rings is 3. The Labute approximate surface area is 166 Å². The molecule has 0 spiro atoms. The van der Waals surface area contributed by atoms with Gasteiger partial charge in [-0.25, -0.2) is 0 Å². The van der Waals surface area contributed by atoms with Crippen LogP contribution in [0.2, 0.25) is 0 Å². The van der Waals surface area contributed by atoms with E-state index >= 15 is 0 Å². The molecule has 1 atom stereocenters. The van der Waals surface area contributed by atoms with Crippen molar-refractivity contribution in [3.8, 4) is 11.5 Å². The van der Waals surface area contributed by atoms with Gasteiger partial charge in [0.1, 0.15) is 0 Å². The van der Waals surface area contributed by atoms with Gasteiger partial charge in [-0.05, 0) is 63.2 Å². The van der Waals surface area contributed by atoms with Gasteiger partial charge in [-0.1, -0.05) is 49.6 Å². The molecule has 1 aliphatic rings. The van der Waals surface area contributed by atoms with E-state index in [1.807, 2.05) is 12.2 Å². The molecule has 3 nitrogen and oxygen atoms in total. The summed E-state index contributed by atoms with van der Waals surface area (Å²) in [6.07, 6.45) is 4.83. The summed E-state index contributed by atoms with van der Waals surface area (Å²) in [5, 5.41) is 6.09. The highest BCUT2D eigenvalue weighted by molar-refractivity contribution is 5.95. The highest BCUT2D eigenvalue weighted by atomic mass is 16.5. The minimum absolute atomic E-state index is 0.0554. The van der Waals surface area contributed by atoms with E-state index in [0.29, 0.717) is 0 Å². The minimum atomic E-state index is 0.0554. The van der Waals surface area contributed by atoms with E-state index in [2.05, 4.69) is 60.9 Å². The van der Waals surface area contributed by atoms with Crippen LogP contribution in [0.1, 0.15) is 33.9 Å². The minimum Gasteiger partial charge on any atom is -0.493 e. The highest BCUT2D eigenvalue weighted by Gasteiger charge is 2.26. The lowest BCUT2D eigenvalue weighted by molar-refractivity contribution is 0.353. The topological polar surface area (TPSA) is 30.5 Å². The van der Waals surface area contributed by atoms with E-state index in [4.69, 9.17) is 9.47 Å². The SMILES string of the molecule is C=Cc1c(C2NCCc3cc(OC)c(OC)cc32)cc2ccccc2c1C=C. The van der Waals surface area contributed by atoms with Crippen molar-refractivity contribution in [2.45, 2.75) is 12.5 Å². The van der Waals surface area contributed by atoms with E-state index in [0.717, 1.165) is 35.6 Å². The van der Waals surface area contributed by atoms with Gasteiger partial charge < -0.3 is 14.8 Å². The molecule has 0 radical (unpaired) electrons. The van der Waals surface area contributed by atoms with Crippen LogP contribution in [-0.2, 0) is 6.42 Å². The third-order valence-electron chi connectivity index (χ3n) is 5.58. The lowest BCUT2D eigenvalue weighted by Crippen LogP contribution is -2.31. The van der Waals surface area contributed by atoms with Crippen molar-refractivity contribution in [3.63, 3.8) is 0 Å². The van der Waals surface area contributed by atoms with Gasteiger partial charge in [-0.3, -0.25) is 0 Å². The van der Waals surface area contributed by atoms with Crippen LogP contribution < -0.4 is 14.8 Å². The van der Waals surface area contributed by atoms with E-state index in [9.17, 15) is 0 Å². The molecule has 3 aromatic carbocycles. The third-order valence-corrected chi connectivity index (χ3v) is 5.58. The molecule has 0 bridgehead atoms. The predicted molar refractivity (Wildman–Crippen MR) is 117 cm³/mol. The Kier molecular flexibility index (Phi) is 4.93. The van der Waals surface area contributed by atoms with Crippen molar-refractivity contribution >= 4 is 22.9 Å². The molecule has 1 aliphatic heterocycles. The Balaban J connectivity index is 1.97. The fourth-order valence-electron chi connectivity index (χ4n) is 4.26. The van der Waals surface area contributed by atoms with Crippen LogP contribution in [0.15, 0.2) is 55.6 Å². The van der Waals surface area contributed by atoms with E-state index in [1.165, 1.54) is 27.5 Å². The molecule has 0 amide bonds. The molecule has 0 aliphatic carbocycles. The standard InChI is InChI=1S/C25H25NO2/c1-5-18-19(6-2)22(13-16-9-7-8-10-20(16)18)25-21-15-24(28-4)23(27-3)14-17(21)11-12-26-25/h5-10,13-15,25-26H,1-2,11-12H2,3-4H3. The van der Waals surface area contributed by atoms with Crippen molar-refractivity contribution in [1.82, 2.24) is 5.32 Å². The van der Waals surface area contributed by atoms with Crippen LogP contribution in [0.4, 0.5) is 0 Å². The first-order valence-electron chi connectivity index (χ1n) is 9.50. The summed E-state index contributed by atoms with van der Waals surface area (Å²) in [5.41, 5.74) is 5.95. The van der Waals surface area contributed by atoms with Crippen LogP contribution in [0.5, 0.6) is 11.5 Å². The van der Waals surface area contributed by atoms with Crippen LogP contribution in [-0.4, -0.2) is 20.8 Å². The number of methoxy groups -OCH3 is 2. The second kappa shape index (κ2) is 7.53. The fourth-order valence-corrected chi connectivity index (χ4v) is 4.26. The summed E-state index contributed by atoms with van der Waals surface area (Å²) in [7, 11) is 3.36. The molecule has 0 saturated carbocycles. The molecule has 0 aromatic heterocycles. The normalized spacial score (nSPS) is 15.7. The molecule has 0 fully saturated rings. The summed E-state index contributed by atoms with van der Waals surface area (Å²) in [6.45, 7) is 9.07. The largest absolute Gasteiger partial charge is 0.493 e. The molecule has 1 N–H and O–H groups in total. The van der Waals surface area contributed by atoms with Gasteiger partial charge >= 0.3 is 0 Å².